The molecule has 1 saturated carbocycles. The Morgan fingerprint density at radius 2 is 1.77 bits per heavy atom. The lowest BCUT2D eigenvalue weighted by Gasteiger charge is -2.36. The van der Waals surface area contributed by atoms with E-state index in [1.165, 1.54) is 5.56 Å². The second-order valence-corrected chi connectivity index (χ2v) is 6.59. The minimum Gasteiger partial charge on any atom is -0.496 e. The first kappa shape index (κ1) is 18.3. The van der Waals surface area contributed by atoms with Gasteiger partial charge in [-0.15, -0.1) is 0 Å². The summed E-state index contributed by atoms with van der Waals surface area (Å²) in [7, 11) is 1.70. The van der Waals surface area contributed by atoms with Crippen molar-refractivity contribution in [1.29, 1.82) is 0 Å². The van der Waals surface area contributed by atoms with Gasteiger partial charge in [-0.3, -0.25) is 0 Å². The molecule has 0 bridgehead atoms. The zero-order valence-electron chi connectivity index (χ0n) is 15.1. The van der Waals surface area contributed by atoms with Crippen molar-refractivity contribution >= 4 is 6.09 Å². The number of hydrogen-bond acceptors (Lipinski definition) is 4. The molecule has 0 atom stereocenters. The van der Waals surface area contributed by atoms with E-state index in [9.17, 15) is 4.79 Å². The molecule has 5 nitrogen and oxygen atoms in total. The van der Waals surface area contributed by atoms with Gasteiger partial charge < -0.3 is 20.1 Å². The van der Waals surface area contributed by atoms with Crippen molar-refractivity contribution in [2.45, 2.75) is 38.0 Å². The molecule has 138 valence electrons. The summed E-state index contributed by atoms with van der Waals surface area (Å²) >= 11 is 0. The standard InChI is InChI=1S/C21H26N2O3/c1-25-20-10-6-5-9-17(20)11-12-22-18-13-19(14-18)23-21(24)26-15-16-7-3-2-4-8-16/h2-10,18-19,22H,11-15H2,1H3,(H,23,24). The quantitative estimate of drug-likeness (QED) is 0.764. The number of benzene rings is 2. The van der Waals surface area contributed by atoms with Crippen LogP contribution in [0.2, 0.25) is 0 Å². The monoisotopic (exact) mass is 354 g/mol. The van der Waals surface area contributed by atoms with E-state index in [4.69, 9.17) is 9.47 Å². The van der Waals surface area contributed by atoms with E-state index in [-0.39, 0.29) is 12.1 Å². The first-order valence-corrected chi connectivity index (χ1v) is 9.07. The highest BCUT2D eigenvalue weighted by atomic mass is 16.5. The number of methoxy groups -OCH3 is 1. The average Bonchev–Trinajstić information content (AvgIpc) is 2.65. The summed E-state index contributed by atoms with van der Waals surface area (Å²) < 4.78 is 10.6. The molecule has 1 amide bonds. The third-order valence-electron chi connectivity index (χ3n) is 4.69. The van der Waals surface area contributed by atoms with Crippen molar-refractivity contribution in [3.05, 3.63) is 65.7 Å². The number of ether oxygens (including phenoxy) is 2. The van der Waals surface area contributed by atoms with E-state index in [2.05, 4.69) is 16.7 Å². The van der Waals surface area contributed by atoms with E-state index < -0.39 is 0 Å². The highest BCUT2D eigenvalue weighted by molar-refractivity contribution is 5.67. The van der Waals surface area contributed by atoms with Gasteiger partial charge in [0.15, 0.2) is 0 Å². The number of alkyl carbamates (subject to hydrolysis) is 1. The molecule has 2 aromatic carbocycles. The van der Waals surface area contributed by atoms with Gasteiger partial charge in [-0.2, -0.15) is 0 Å². The maximum absolute atomic E-state index is 11.8. The second kappa shape index (κ2) is 9.25. The van der Waals surface area contributed by atoms with Crippen molar-refractivity contribution in [2.24, 2.45) is 0 Å². The molecule has 1 aliphatic carbocycles. The van der Waals surface area contributed by atoms with Gasteiger partial charge in [0.2, 0.25) is 0 Å². The second-order valence-electron chi connectivity index (χ2n) is 6.59. The highest BCUT2D eigenvalue weighted by Crippen LogP contribution is 2.21. The number of rotatable bonds is 8. The summed E-state index contributed by atoms with van der Waals surface area (Å²) in [6, 6.07) is 18.4. The predicted molar refractivity (Wildman–Crippen MR) is 101 cm³/mol. The maximum atomic E-state index is 11.8. The SMILES string of the molecule is COc1ccccc1CCNC1CC(NC(=O)OCc2ccccc2)C1. The Morgan fingerprint density at radius 1 is 1.04 bits per heavy atom. The van der Waals surface area contributed by atoms with Crippen LogP contribution in [0.3, 0.4) is 0 Å². The van der Waals surface area contributed by atoms with Gasteiger partial charge in [-0.1, -0.05) is 48.5 Å². The molecule has 3 rings (SSSR count). The van der Waals surface area contributed by atoms with E-state index in [1.807, 2.05) is 48.5 Å². The fraction of sp³-hybridized carbons (Fsp3) is 0.381. The molecule has 2 aromatic rings. The van der Waals surface area contributed by atoms with Crippen LogP contribution in [0, 0.1) is 0 Å². The Kier molecular flexibility index (Phi) is 6.50. The minimum absolute atomic E-state index is 0.196. The van der Waals surface area contributed by atoms with Crippen LogP contribution < -0.4 is 15.4 Å². The maximum Gasteiger partial charge on any atom is 0.407 e. The van der Waals surface area contributed by atoms with E-state index in [1.54, 1.807) is 7.11 Å². The number of amides is 1. The largest absolute Gasteiger partial charge is 0.496 e. The molecule has 0 heterocycles. The number of carbonyl (C=O) groups excluding carboxylic acids is 1. The summed E-state index contributed by atoms with van der Waals surface area (Å²) in [6.45, 7) is 1.20. The molecule has 0 aromatic heterocycles. The van der Waals surface area contributed by atoms with E-state index in [0.717, 1.165) is 37.1 Å². The molecule has 0 radical (unpaired) electrons. The molecule has 0 saturated heterocycles. The van der Waals surface area contributed by atoms with Gasteiger partial charge in [-0.05, 0) is 43.0 Å². The zero-order valence-corrected chi connectivity index (χ0v) is 15.1. The molecule has 0 aliphatic heterocycles. The lowest BCUT2D eigenvalue weighted by molar-refractivity contribution is 0.125. The lowest BCUT2D eigenvalue weighted by Crippen LogP contribution is -2.52. The Labute approximate surface area is 154 Å². The van der Waals surface area contributed by atoms with E-state index in [0.29, 0.717) is 12.6 Å². The van der Waals surface area contributed by atoms with Crippen LogP contribution in [0.15, 0.2) is 54.6 Å². The topological polar surface area (TPSA) is 59.6 Å². The van der Waals surface area contributed by atoms with Gasteiger partial charge >= 0.3 is 6.09 Å². The van der Waals surface area contributed by atoms with Gasteiger partial charge in [0.1, 0.15) is 12.4 Å². The van der Waals surface area contributed by atoms with Crippen molar-refractivity contribution in [3.8, 4) is 5.75 Å². The highest BCUT2D eigenvalue weighted by Gasteiger charge is 2.30. The van der Waals surface area contributed by atoms with Crippen molar-refractivity contribution in [2.75, 3.05) is 13.7 Å². The Morgan fingerprint density at radius 3 is 2.54 bits per heavy atom. The number of nitrogens with one attached hydrogen (secondary N) is 2. The first-order chi connectivity index (χ1) is 12.7. The van der Waals surface area contributed by atoms with Gasteiger partial charge in [0.25, 0.3) is 0 Å². The Bertz CT molecular complexity index is 699. The lowest BCUT2D eigenvalue weighted by atomic mass is 9.87. The summed E-state index contributed by atoms with van der Waals surface area (Å²) in [5.41, 5.74) is 2.20. The summed E-state index contributed by atoms with van der Waals surface area (Å²) in [5.74, 6) is 0.934. The van der Waals surface area contributed by atoms with Crippen LogP contribution in [0.5, 0.6) is 5.75 Å². The van der Waals surface area contributed by atoms with Crippen LogP contribution in [-0.2, 0) is 17.8 Å². The van der Waals surface area contributed by atoms with Crippen molar-refractivity contribution in [3.63, 3.8) is 0 Å². The summed E-state index contributed by atoms with van der Waals surface area (Å²) in [6.07, 6.45) is 2.46. The fourth-order valence-electron chi connectivity index (χ4n) is 3.15. The fourth-order valence-corrected chi connectivity index (χ4v) is 3.15. The molecule has 0 spiro atoms. The summed E-state index contributed by atoms with van der Waals surface area (Å²) in [5, 5.41) is 6.45. The van der Waals surface area contributed by atoms with E-state index >= 15 is 0 Å². The van der Waals surface area contributed by atoms with Crippen LogP contribution >= 0.6 is 0 Å². The molecule has 5 heteroatoms. The third-order valence-corrected chi connectivity index (χ3v) is 4.69. The predicted octanol–water partition coefficient (Wildman–Crippen LogP) is 3.28. The molecule has 1 fully saturated rings. The smallest absolute Gasteiger partial charge is 0.407 e. The Hall–Kier alpha value is -2.53. The van der Waals surface area contributed by atoms with Crippen LogP contribution in [0.25, 0.3) is 0 Å². The number of hydrogen-bond donors (Lipinski definition) is 2. The molecule has 2 N–H and O–H groups in total. The van der Waals surface area contributed by atoms with Crippen LogP contribution in [0.1, 0.15) is 24.0 Å². The molecule has 26 heavy (non-hydrogen) atoms. The van der Waals surface area contributed by atoms with Crippen molar-refractivity contribution < 1.29 is 14.3 Å². The molecule has 1 aliphatic rings. The number of para-hydroxylation sites is 1. The first-order valence-electron chi connectivity index (χ1n) is 9.07. The van der Waals surface area contributed by atoms with Crippen LogP contribution in [-0.4, -0.2) is 31.8 Å². The van der Waals surface area contributed by atoms with Gasteiger partial charge in [0.05, 0.1) is 7.11 Å². The van der Waals surface area contributed by atoms with Crippen molar-refractivity contribution in [1.82, 2.24) is 10.6 Å². The molecular formula is C21H26N2O3. The normalized spacial score (nSPS) is 18.7. The third kappa shape index (κ3) is 5.23. The summed E-state index contributed by atoms with van der Waals surface area (Å²) in [4.78, 5) is 11.8. The average molecular weight is 354 g/mol. The van der Waals surface area contributed by atoms with Crippen LogP contribution in [0.4, 0.5) is 4.79 Å². The minimum atomic E-state index is -0.341. The number of carbonyl (C=O) groups is 1. The Balaban J connectivity index is 1.29. The molecular weight excluding hydrogens is 328 g/mol. The zero-order chi connectivity index (χ0) is 18.2. The molecule has 0 unspecified atom stereocenters. The van der Waals surface area contributed by atoms with Gasteiger partial charge in [-0.25, -0.2) is 4.79 Å². The van der Waals surface area contributed by atoms with Gasteiger partial charge in [0, 0.05) is 12.1 Å².